The number of fused-ring (bicyclic) bond motifs is 1. The van der Waals surface area contributed by atoms with E-state index in [4.69, 9.17) is 5.11 Å². The average molecular weight is 244 g/mol. The molecule has 90 valence electrons. The number of hydrogen-bond acceptors (Lipinski definition) is 5. The van der Waals surface area contributed by atoms with E-state index in [-0.39, 0.29) is 5.56 Å². The lowest BCUT2D eigenvalue weighted by Crippen LogP contribution is -2.05. The summed E-state index contributed by atoms with van der Waals surface area (Å²) >= 11 is 0. The van der Waals surface area contributed by atoms with E-state index in [0.29, 0.717) is 23.4 Å². The van der Waals surface area contributed by atoms with Crippen LogP contribution in [0.4, 0.5) is 0 Å². The molecule has 0 aliphatic rings. The quantitative estimate of drug-likeness (QED) is 0.743. The van der Waals surface area contributed by atoms with Gasteiger partial charge >= 0.3 is 5.97 Å². The number of para-hydroxylation sites is 1. The Bertz CT molecular complexity index is 702. The van der Waals surface area contributed by atoms with Gasteiger partial charge in [-0.1, -0.05) is 11.2 Å². The smallest absolute Gasteiger partial charge is 0.337 e. The van der Waals surface area contributed by atoms with Crippen LogP contribution < -0.4 is 0 Å². The van der Waals surface area contributed by atoms with Crippen molar-refractivity contribution in [3.63, 3.8) is 0 Å². The number of aromatic carboxylic acids is 1. The molecule has 0 spiro atoms. The maximum atomic E-state index is 11.2. The number of carboxylic acids is 1. The van der Waals surface area contributed by atoms with Gasteiger partial charge in [0.05, 0.1) is 29.5 Å². The highest BCUT2D eigenvalue weighted by atomic mass is 16.5. The van der Waals surface area contributed by atoms with Gasteiger partial charge in [0.25, 0.3) is 0 Å². The number of nitrogens with zero attached hydrogens (tertiary/aromatic N) is 4. The predicted molar refractivity (Wildman–Crippen MR) is 60.1 cm³/mol. The maximum absolute atomic E-state index is 11.2. The van der Waals surface area contributed by atoms with Gasteiger partial charge in [-0.15, -0.1) is 0 Å². The molecule has 3 aromatic rings. The van der Waals surface area contributed by atoms with Crippen LogP contribution in [0.1, 0.15) is 16.2 Å². The molecule has 0 saturated heterocycles. The molecule has 0 radical (unpaired) electrons. The van der Waals surface area contributed by atoms with Crippen LogP contribution in [0.15, 0.2) is 35.4 Å². The summed E-state index contributed by atoms with van der Waals surface area (Å²) in [5.41, 5.74) is 1.38. The summed E-state index contributed by atoms with van der Waals surface area (Å²) in [6, 6.07) is 4.96. The average Bonchev–Trinajstić information content (AvgIpc) is 2.99. The Labute approximate surface area is 101 Å². The molecule has 2 aromatic heterocycles. The van der Waals surface area contributed by atoms with Gasteiger partial charge in [-0.05, 0) is 12.1 Å². The number of carbonyl (C=O) groups is 1. The van der Waals surface area contributed by atoms with E-state index in [1.165, 1.54) is 6.39 Å². The zero-order valence-electron chi connectivity index (χ0n) is 9.15. The summed E-state index contributed by atoms with van der Waals surface area (Å²) in [5.74, 6) is -0.523. The van der Waals surface area contributed by atoms with Crippen LogP contribution in [0.3, 0.4) is 0 Å². The standard InChI is InChI=1S/C11H8N4O3/c16-11(17)7-2-1-3-8-10(7)15(5-12-8)4-9-13-6-18-14-9/h1-3,5-6H,4H2,(H,16,17). The van der Waals surface area contributed by atoms with Crippen LogP contribution in [0.2, 0.25) is 0 Å². The minimum atomic E-state index is -0.990. The number of benzene rings is 1. The van der Waals surface area contributed by atoms with Crippen molar-refractivity contribution in [3.8, 4) is 0 Å². The van der Waals surface area contributed by atoms with Crippen molar-refractivity contribution >= 4 is 17.0 Å². The first-order valence-electron chi connectivity index (χ1n) is 5.18. The largest absolute Gasteiger partial charge is 0.478 e. The molecule has 1 N–H and O–H groups in total. The molecule has 7 nitrogen and oxygen atoms in total. The topological polar surface area (TPSA) is 94.0 Å². The van der Waals surface area contributed by atoms with E-state index in [2.05, 4.69) is 19.6 Å². The molecule has 1 aromatic carbocycles. The SMILES string of the molecule is O=C(O)c1cccc2ncn(Cc3ncon3)c12. The zero-order valence-corrected chi connectivity index (χ0v) is 9.15. The van der Waals surface area contributed by atoms with Crippen LogP contribution in [0.5, 0.6) is 0 Å². The van der Waals surface area contributed by atoms with Crippen molar-refractivity contribution < 1.29 is 14.4 Å². The number of carboxylic acid groups (broad SMARTS) is 1. The fourth-order valence-corrected chi connectivity index (χ4v) is 1.83. The van der Waals surface area contributed by atoms with Gasteiger partial charge in [-0.3, -0.25) is 0 Å². The Morgan fingerprint density at radius 2 is 2.28 bits per heavy atom. The Morgan fingerprint density at radius 1 is 1.39 bits per heavy atom. The Kier molecular flexibility index (Phi) is 2.30. The van der Waals surface area contributed by atoms with Crippen molar-refractivity contribution in [2.45, 2.75) is 6.54 Å². The van der Waals surface area contributed by atoms with Crippen molar-refractivity contribution in [2.24, 2.45) is 0 Å². The third kappa shape index (κ3) is 1.61. The molecular formula is C11H8N4O3. The van der Waals surface area contributed by atoms with Gasteiger partial charge in [0.2, 0.25) is 6.39 Å². The second-order valence-electron chi connectivity index (χ2n) is 3.70. The minimum absolute atomic E-state index is 0.202. The molecular weight excluding hydrogens is 236 g/mol. The van der Waals surface area contributed by atoms with E-state index >= 15 is 0 Å². The summed E-state index contributed by atoms with van der Waals surface area (Å²) in [5, 5.41) is 12.9. The van der Waals surface area contributed by atoms with Crippen molar-refractivity contribution in [1.29, 1.82) is 0 Å². The first-order valence-corrected chi connectivity index (χ1v) is 5.18. The van der Waals surface area contributed by atoms with Gasteiger partial charge < -0.3 is 14.2 Å². The van der Waals surface area contributed by atoms with E-state index in [1.54, 1.807) is 29.1 Å². The fourth-order valence-electron chi connectivity index (χ4n) is 1.83. The molecule has 0 bridgehead atoms. The summed E-state index contributed by atoms with van der Waals surface area (Å²) in [7, 11) is 0. The molecule has 0 amide bonds. The highest BCUT2D eigenvalue weighted by Crippen LogP contribution is 2.18. The summed E-state index contributed by atoms with van der Waals surface area (Å²) in [6.45, 7) is 0.317. The van der Waals surface area contributed by atoms with Crippen molar-refractivity contribution in [2.75, 3.05) is 0 Å². The Hall–Kier alpha value is -2.70. The van der Waals surface area contributed by atoms with Gasteiger partial charge in [0, 0.05) is 0 Å². The summed E-state index contributed by atoms with van der Waals surface area (Å²) in [6.07, 6.45) is 2.79. The van der Waals surface area contributed by atoms with Gasteiger partial charge in [0.1, 0.15) is 0 Å². The molecule has 0 aliphatic heterocycles. The lowest BCUT2D eigenvalue weighted by Gasteiger charge is -2.03. The number of imidazole rings is 1. The zero-order chi connectivity index (χ0) is 12.5. The predicted octanol–water partition coefficient (Wildman–Crippen LogP) is 1.17. The third-order valence-electron chi connectivity index (χ3n) is 2.59. The van der Waals surface area contributed by atoms with Crippen LogP contribution in [-0.4, -0.2) is 30.8 Å². The van der Waals surface area contributed by atoms with Crippen LogP contribution in [-0.2, 0) is 6.54 Å². The number of hydrogen-bond donors (Lipinski definition) is 1. The highest BCUT2D eigenvalue weighted by molar-refractivity contribution is 6.01. The van der Waals surface area contributed by atoms with Crippen molar-refractivity contribution in [3.05, 3.63) is 42.3 Å². The van der Waals surface area contributed by atoms with Crippen LogP contribution in [0.25, 0.3) is 11.0 Å². The fraction of sp³-hybridized carbons (Fsp3) is 0.0909. The summed E-state index contributed by atoms with van der Waals surface area (Å²) < 4.78 is 6.33. The Balaban J connectivity index is 2.15. The van der Waals surface area contributed by atoms with E-state index in [1.807, 2.05) is 0 Å². The maximum Gasteiger partial charge on any atom is 0.337 e. The van der Waals surface area contributed by atoms with Gasteiger partial charge in [0.15, 0.2) is 5.82 Å². The van der Waals surface area contributed by atoms with Crippen LogP contribution in [0, 0.1) is 0 Å². The van der Waals surface area contributed by atoms with Crippen LogP contribution >= 0.6 is 0 Å². The van der Waals surface area contributed by atoms with E-state index in [0.717, 1.165) is 0 Å². The lowest BCUT2D eigenvalue weighted by atomic mass is 10.2. The second-order valence-corrected chi connectivity index (χ2v) is 3.70. The van der Waals surface area contributed by atoms with Crippen molar-refractivity contribution in [1.82, 2.24) is 19.7 Å². The minimum Gasteiger partial charge on any atom is -0.478 e. The molecule has 18 heavy (non-hydrogen) atoms. The van der Waals surface area contributed by atoms with E-state index < -0.39 is 5.97 Å². The third-order valence-corrected chi connectivity index (χ3v) is 2.59. The summed E-state index contributed by atoms with van der Waals surface area (Å²) in [4.78, 5) is 19.2. The van der Waals surface area contributed by atoms with E-state index in [9.17, 15) is 4.79 Å². The normalized spacial score (nSPS) is 10.9. The molecule has 0 fully saturated rings. The van der Waals surface area contributed by atoms with Gasteiger partial charge in [-0.2, -0.15) is 4.98 Å². The molecule has 0 atom stereocenters. The molecule has 3 rings (SSSR count). The number of rotatable bonds is 3. The molecule has 7 heteroatoms. The number of aromatic nitrogens is 4. The first-order chi connectivity index (χ1) is 8.75. The Morgan fingerprint density at radius 3 is 3.00 bits per heavy atom. The molecule has 0 saturated carbocycles. The molecule has 0 unspecified atom stereocenters. The highest BCUT2D eigenvalue weighted by Gasteiger charge is 2.14. The molecule has 2 heterocycles. The first kappa shape index (κ1) is 10.5. The van der Waals surface area contributed by atoms with Gasteiger partial charge in [-0.25, -0.2) is 9.78 Å². The monoisotopic (exact) mass is 244 g/mol. The molecule has 0 aliphatic carbocycles. The lowest BCUT2D eigenvalue weighted by molar-refractivity contribution is 0.0698. The second kappa shape index (κ2) is 3.95.